The van der Waals surface area contributed by atoms with Crippen LogP contribution < -0.4 is 5.32 Å². The molecule has 20 heavy (non-hydrogen) atoms. The monoisotopic (exact) mass is 282 g/mol. The summed E-state index contributed by atoms with van der Waals surface area (Å²) in [7, 11) is 1.85. The first-order valence-electron chi connectivity index (χ1n) is 6.33. The molecule has 3 aromatic rings. The molecule has 0 spiro atoms. The first kappa shape index (κ1) is 12.7. The van der Waals surface area contributed by atoms with Crippen LogP contribution in [0, 0.1) is 0 Å². The number of hydrogen-bond acceptors (Lipinski definition) is 5. The number of anilines is 1. The molecule has 5 heteroatoms. The van der Waals surface area contributed by atoms with Crippen LogP contribution in [0.5, 0.6) is 0 Å². The fraction of sp³-hybridized carbons (Fsp3) is 0.133. The van der Waals surface area contributed by atoms with Crippen molar-refractivity contribution < 1.29 is 0 Å². The molecule has 1 N–H and O–H groups in total. The van der Waals surface area contributed by atoms with Gasteiger partial charge in [-0.25, -0.2) is 15.0 Å². The van der Waals surface area contributed by atoms with Crippen LogP contribution in [0.15, 0.2) is 48.1 Å². The molecule has 100 valence electrons. The molecule has 0 fully saturated rings. The zero-order valence-electron chi connectivity index (χ0n) is 11.1. The van der Waals surface area contributed by atoms with Gasteiger partial charge >= 0.3 is 0 Å². The molecule has 0 amide bonds. The topological polar surface area (TPSA) is 50.7 Å². The largest absolute Gasteiger partial charge is 0.373 e. The number of rotatable bonds is 4. The van der Waals surface area contributed by atoms with Crippen LogP contribution in [-0.4, -0.2) is 22.0 Å². The van der Waals surface area contributed by atoms with E-state index >= 15 is 0 Å². The summed E-state index contributed by atoms with van der Waals surface area (Å²) in [6.45, 7) is 0. The fourth-order valence-corrected chi connectivity index (χ4v) is 2.74. The Balaban J connectivity index is 1.80. The molecule has 0 aliphatic rings. The second-order valence-electron chi connectivity index (χ2n) is 4.31. The predicted molar refractivity (Wildman–Crippen MR) is 81.9 cm³/mol. The number of aromatic nitrogens is 3. The summed E-state index contributed by atoms with van der Waals surface area (Å²) in [4.78, 5) is 13.1. The molecule has 0 radical (unpaired) electrons. The highest BCUT2D eigenvalue weighted by Crippen LogP contribution is 2.23. The lowest BCUT2D eigenvalue weighted by atomic mass is 10.2. The van der Waals surface area contributed by atoms with Crippen molar-refractivity contribution in [2.45, 2.75) is 6.42 Å². The predicted octanol–water partition coefficient (Wildman–Crippen LogP) is 3.23. The Kier molecular flexibility index (Phi) is 3.69. The van der Waals surface area contributed by atoms with E-state index < -0.39 is 0 Å². The fourth-order valence-electron chi connectivity index (χ4n) is 1.92. The quantitative estimate of drug-likeness (QED) is 0.798. The van der Waals surface area contributed by atoms with Crippen LogP contribution in [0.3, 0.4) is 0 Å². The molecular weight excluding hydrogens is 268 g/mol. The molecule has 4 nitrogen and oxygen atoms in total. The highest BCUT2D eigenvalue weighted by molar-refractivity contribution is 7.10. The highest BCUT2D eigenvalue weighted by Gasteiger charge is 2.06. The Morgan fingerprint density at radius 3 is 2.80 bits per heavy atom. The number of thiazole rings is 1. The van der Waals surface area contributed by atoms with Crippen LogP contribution in [0.4, 0.5) is 5.82 Å². The van der Waals surface area contributed by atoms with Crippen molar-refractivity contribution in [1.82, 2.24) is 15.0 Å². The van der Waals surface area contributed by atoms with Gasteiger partial charge in [-0.2, -0.15) is 0 Å². The van der Waals surface area contributed by atoms with Crippen molar-refractivity contribution in [3.05, 3.63) is 58.8 Å². The average molecular weight is 282 g/mol. The van der Waals surface area contributed by atoms with E-state index in [9.17, 15) is 0 Å². The molecule has 2 heterocycles. The van der Waals surface area contributed by atoms with Gasteiger partial charge in [0.05, 0.1) is 16.4 Å². The van der Waals surface area contributed by atoms with Gasteiger partial charge in [-0.05, 0) is 0 Å². The van der Waals surface area contributed by atoms with Crippen LogP contribution in [-0.2, 0) is 6.42 Å². The molecule has 2 aromatic heterocycles. The Morgan fingerprint density at radius 1 is 1.15 bits per heavy atom. The summed E-state index contributed by atoms with van der Waals surface area (Å²) in [6.07, 6.45) is 2.31. The SMILES string of the molecule is CNc1cc(Cc2nc(-c3ccccc3)cs2)ncn1. The van der Waals surface area contributed by atoms with Gasteiger partial charge in [0.25, 0.3) is 0 Å². The minimum absolute atomic E-state index is 0.731. The van der Waals surface area contributed by atoms with Crippen molar-refractivity contribution in [3.8, 4) is 11.3 Å². The lowest BCUT2D eigenvalue weighted by molar-refractivity contribution is 1.01. The van der Waals surface area contributed by atoms with E-state index in [1.54, 1.807) is 17.7 Å². The molecule has 0 unspecified atom stereocenters. The molecule has 3 rings (SSSR count). The van der Waals surface area contributed by atoms with E-state index in [-0.39, 0.29) is 0 Å². The molecule has 0 saturated heterocycles. The van der Waals surface area contributed by atoms with E-state index in [4.69, 9.17) is 0 Å². The number of nitrogens with one attached hydrogen (secondary N) is 1. The summed E-state index contributed by atoms with van der Waals surface area (Å²) in [5.74, 6) is 0.829. The van der Waals surface area contributed by atoms with E-state index in [0.29, 0.717) is 0 Å². The van der Waals surface area contributed by atoms with Gasteiger partial charge in [0, 0.05) is 30.5 Å². The Morgan fingerprint density at radius 2 is 2.00 bits per heavy atom. The maximum Gasteiger partial charge on any atom is 0.129 e. The normalized spacial score (nSPS) is 10.4. The first-order valence-corrected chi connectivity index (χ1v) is 7.21. The summed E-state index contributed by atoms with van der Waals surface area (Å²) < 4.78 is 0. The van der Waals surface area contributed by atoms with Crippen molar-refractivity contribution in [3.63, 3.8) is 0 Å². The van der Waals surface area contributed by atoms with Crippen molar-refractivity contribution in [2.24, 2.45) is 0 Å². The average Bonchev–Trinajstić information content (AvgIpc) is 2.97. The zero-order chi connectivity index (χ0) is 13.8. The van der Waals surface area contributed by atoms with Crippen molar-refractivity contribution >= 4 is 17.2 Å². The molecular formula is C15H14N4S. The summed E-state index contributed by atoms with van der Waals surface area (Å²) >= 11 is 1.66. The Hall–Kier alpha value is -2.27. The van der Waals surface area contributed by atoms with E-state index in [0.717, 1.165) is 34.2 Å². The third kappa shape index (κ3) is 2.83. The molecule has 0 aliphatic heterocycles. The lowest BCUT2D eigenvalue weighted by Crippen LogP contribution is -1.97. The van der Waals surface area contributed by atoms with Gasteiger partial charge in [-0.15, -0.1) is 11.3 Å². The van der Waals surface area contributed by atoms with Crippen LogP contribution in [0.1, 0.15) is 10.7 Å². The van der Waals surface area contributed by atoms with Gasteiger partial charge in [-0.1, -0.05) is 30.3 Å². The van der Waals surface area contributed by atoms with Crippen LogP contribution >= 0.6 is 11.3 Å². The maximum absolute atomic E-state index is 4.67. The van der Waals surface area contributed by atoms with E-state index in [2.05, 4.69) is 37.8 Å². The standard InChI is InChI=1S/C15H14N4S/c1-16-14-7-12(17-10-18-14)8-15-19-13(9-20-15)11-5-3-2-4-6-11/h2-7,9-10H,8H2,1H3,(H,16,17,18). The minimum atomic E-state index is 0.731. The van der Waals surface area contributed by atoms with Gasteiger partial charge < -0.3 is 5.32 Å². The molecule has 0 aliphatic carbocycles. The summed E-state index contributed by atoms with van der Waals surface area (Å²) in [5, 5.41) is 6.16. The van der Waals surface area contributed by atoms with Gasteiger partial charge in [0.2, 0.25) is 0 Å². The van der Waals surface area contributed by atoms with Gasteiger partial charge in [-0.3, -0.25) is 0 Å². The smallest absolute Gasteiger partial charge is 0.129 e. The van der Waals surface area contributed by atoms with Crippen molar-refractivity contribution in [2.75, 3.05) is 12.4 Å². The number of hydrogen-bond donors (Lipinski definition) is 1. The maximum atomic E-state index is 4.67. The summed E-state index contributed by atoms with van der Waals surface area (Å²) in [5.41, 5.74) is 3.14. The van der Waals surface area contributed by atoms with E-state index in [1.807, 2.05) is 31.3 Å². The first-order chi connectivity index (χ1) is 9.85. The third-order valence-corrected chi connectivity index (χ3v) is 3.78. The second kappa shape index (κ2) is 5.79. The molecule has 0 atom stereocenters. The van der Waals surface area contributed by atoms with E-state index in [1.165, 1.54) is 0 Å². The Bertz CT molecular complexity index is 694. The second-order valence-corrected chi connectivity index (χ2v) is 5.26. The van der Waals surface area contributed by atoms with Gasteiger partial charge in [0.1, 0.15) is 12.1 Å². The van der Waals surface area contributed by atoms with Crippen molar-refractivity contribution in [1.29, 1.82) is 0 Å². The zero-order valence-corrected chi connectivity index (χ0v) is 11.9. The van der Waals surface area contributed by atoms with Crippen LogP contribution in [0.2, 0.25) is 0 Å². The Labute approximate surface area is 121 Å². The molecule has 1 aromatic carbocycles. The lowest BCUT2D eigenvalue weighted by Gasteiger charge is -2.01. The summed E-state index contributed by atoms with van der Waals surface area (Å²) in [6, 6.07) is 12.2. The minimum Gasteiger partial charge on any atom is -0.373 e. The third-order valence-electron chi connectivity index (χ3n) is 2.93. The number of nitrogens with zero attached hydrogens (tertiary/aromatic N) is 3. The highest BCUT2D eigenvalue weighted by atomic mass is 32.1. The van der Waals surface area contributed by atoms with Crippen LogP contribution in [0.25, 0.3) is 11.3 Å². The molecule has 0 saturated carbocycles. The molecule has 0 bridgehead atoms. The number of benzene rings is 1. The van der Waals surface area contributed by atoms with Gasteiger partial charge in [0.15, 0.2) is 0 Å².